The summed E-state index contributed by atoms with van der Waals surface area (Å²) in [5.74, 6) is 3.14. The highest BCUT2D eigenvalue weighted by Crippen LogP contribution is 2.68. The highest BCUT2D eigenvalue weighted by Gasteiger charge is 2.72. The molecule has 25 heavy (non-hydrogen) atoms. The number of Topliss-reactive ketones (excluding diaryl/α,β-unsaturated/α-hetero) is 1. The molecule has 5 fully saturated rings. The number of hydrogen-bond acceptors (Lipinski definition) is 4. The lowest BCUT2D eigenvalue weighted by atomic mass is 9.45. The van der Waals surface area contributed by atoms with E-state index in [9.17, 15) is 4.79 Å². The van der Waals surface area contributed by atoms with Crippen molar-refractivity contribution in [2.24, 2.45) is 34.5 Å². The van der Waals surface area contributed by atoms with E-state index in [1.807, 2.05) is 0 Å². The second kappa shape index (κ2) is 5.53. The minimum absolute atomic E-state index is 0.0440. The van der Waals surface area contributed by atoms with Crippen molar-refractivity contribution in [3.05, 3.63) is 0 Å². The summed E-state index contributed by atoms with van der Waals surface area (Å²) >= 11 is 0. The molecule has 5 aliphatic rings. The van der Waals surface area contributed by atoms with E-state index in [0.29, 0.717) is 35.9 Å². The highest BCUT2D eigenvalue weighted by atomic mass is 16.7. The Morgan fingerprint density at radius 2 is 2.00 bits per heavy atom. The Hall–Kier alpha value is -0.450. The first-order valence-electron chi connectivity index (χ1n) is 10.3. The lowest BCUT2D eigenvalue weighted by molar-refractivity contribution is -0.162. The van der Waals surface area contributed by atoms with Gasteiger partial charge in [0.15, 0.2) is 5.78 Å². The van der Waals surface area contributed by atoms with Crippen molar-refractivity contribution in [3.8, 4) is 0 Å². The van der Waals surface area contributed by atoms with Gasteiger partial charge in [0.25, 0.3) is 0 Å². The molecule has 4 aliphatic carbocycles. The van der Waals surface area contributed by atoms with Gasteiger partial charge in [0, 0.05) is 18.4 Å². The largest absolute Gasteiger partial charge is 0.361 e. The zero-order valence-corrected chi connectivity index (χ0v) is 15.8. The average molecular weight is 348 g/mol. The molecule has 0 aromatic carbocycles. The van der Waals surface area contributed by atoms with Crippen LogP contribution in [0.5, 0.6) is 0 Å². The molecule has 0 N–H and O–H groups in total. The molecule has 0 spiro atoms. The number of carbonyl (C=O) groups excluding carboxylic acids is 1. The summed E-state index contributed by atoms with van der Waals surface area (Å²) in [4.78, 5) is 12.7. The SMILES string of the molecule is COCO[C@H]1CC[C@@]2(C)[C@@H](CC[C@H]3[C@@H]4[C@@H]5O[C@@H]5C(=O)[C@@]4(C)CC[C@@H]32)C1. The van der Waals surface area contributed by atoms with Crippen LogP contribution in [0.1, 0.15) is 58.8 Å². The Kier molecular flexibility index (Phi) is 3.69. The van der Waals surface area contributed by atoms with Gasteiger partial charge in [0.2, 0.25) is 0 Å². The summed E-state index contributed by atoms with van der Waals surface area (Å²) in [6.07, 6.45) is 9.08. The lowest BCUT2D eigenvalue weighted by Gasteiger charge is -2.60. The zero-order chi connectivity index (χ0) is 17.4. The minimum Gasteiger partial charge on any atom is -0.361 e. The molecule has 1 heterocycles. The van der Waals surface area contributed by atoms with Crippen LogP contribution in [0.25, 0.3) is 0 Å². The number of methoxy groups -OCH3 is 1. The monoisotopic (exact) mass is 348 g/mol. The molecule has 9 atom stereocenters. The summed E-state index contributed by atoms with van der Waals surface area (Å²) in [5, 5.41) is 0. The maximum atomic E-state index is 12.7. The molecular weight excluding hydrogens is 316 g/mol. The number of hydrogen-bond donors (Lipinski definition) is 0. The Bertz CT molecular complexity index is 576. The number of carbonyl (C=O) groups is 1. The molecule has 0 aromatic rings. The first-order chi connectivity index (χ1) is 12.0. The van der Waals surface area contributed by atoms with Gasteiger partial charge in [-0.1, -0.05) is 13.8 Å². The molecule has 0 radical (unpaired) electrons. The van der Waals surface area contributed by atoms with E-state index in [-0.39, 0.29) is 17.6 Å². The van der Waals surface area contributed by atoms with Gasteiger partial charge in [0.1, 0.15) is 12.9 Å². The van der Waals surface area contributed by atoms with Crippen LogP contribution in [0.2, 0.25) is 0 Å². The lowest BCUT2D eigenvalue weighted by Crippen LogP contribution is -2.55. The van der Waals surface area contributed by atoms with Crippen LogP contribution in [0.15, 0.2) is 0 Å². The molecule has 1 saturated heterocycles. The smallest absolute Gasteiger partial charge is 0.170 e. The predicted molar refractivity (Wildman–Crippen MR) is 92.9 cm³/mol. The van der Waals surface area contributed by atoms with E-state index < -0.39 is 0 Å². The van der Waals surface area contributed by atoms with Gasteiger partial charge in [-0.05, 0) is 68.1 Å². The fraction of sp³-hybridized carbons (Fsp3) is 0.952. The van der Waals surface area contributed by atoms with Crippen LogP contribution in [0, 0.1) is 34.5 Å². The third-order valence-electron chi connectivity index (χ3n) is 8.99. The van der Waals surface area contributed by atoms with Gasteiger partial charge >= 0.3 is 0 Å². The fourth-order valence-corrected chi connectivity index (χ4v) is 7.61. The molecule has 140 valence electrons. The van der Waals surface area contributed by atoms with Crippen LogP contribution in [0.4, 0.5) is 0 Å². The Morgan fingerprint density at radius 1 is 1.16 bits per heavy atom. The quantitative estimate of drug-likeness (QED) is 0.578. The molecule has 0 bridgehead atoms. The number of rotatable bonds is 3. The Morgan fingerprint density at radius 3 is 2.80 bits per heavy atom. The van der Waals surface area contributed by atoms with E-state index in [1.165, 1.54) is 32.1 Å². The molecule has 0 aromatic heterocycles. The Balaban J connectivity index is 1.37. The average Bonchev–Trinajstić information content (AvgIpc) is 3.34. The van der Waals surface area contributed by atoms with Crippen LogP contribution in [-0.4, -0.2) is 38.0 Å². The second-order valence-corrected chi connectivity index (χ2v) is 9.89. The van der Waals surface area contributed by atoms with Crippen molar-refractivity contribution < 1.29 is 19.0 Å². The number of epoxide rings is 1. The van der Waals surface area contributed by atoms with E-state index in [1.54, 1.807) is 7.11 Å². The number of fused-ring (bicyclic) bond motifs is 7. The molecule has 4 nitrogen and oxygen atoms in total. The van der Waals surface area contributed by atoms with E-state index in [2.05, 4.69) is 13.8 Å². The standard InChI is InChI=1S/C21H32O4/c1-20-8-6-13(24-11-23-3)10-12(20)4-5-14-15(20)7-9-21(2)16(14)17-18(25-17)19(21)22/h12-18H,4-11H2,1-3H3/t12-,13-,14+,15-,16+,17-,18-,20-,21-/m0/s1. The van der Waals surface area contributed by atoms with Gasteiger partial charge < -0.3 is 14.2 Å². The van der Waals surface area contributed by atoms with Gasteiger partial charge in [0.05, 0.1) is 12.2 Å². The number of ether oxygens (including phenoxy) is 3. The Labute approximate surface area is 151 Å². The number of ketones is 1. The second-order valence-electron chi connectivity index (χ2n) is 9.89. The van der Waals surface area contributed by atoms with Crippen LogP contribution < -0.4 is 0 Å². The fourth-order valence-electron chi connectivity index (χ4n) is 7.61. The minimum atomic E-state index is -0.0866. The topological polar surface area (TPSA) is 48.1 Å². The van der Waals surface area contributed by atoms with Gasteiger partial charge in [-0.25, -0.2) is 0 Å². The van der Waals surface area contributed by atoms with Crippen molar-refractivity contribution in [2.45, 2.75) is 77.1 Å². The zero-order valence-electron chi connectivity index (χ0n) is 15.8. The van der Waals surface area contributed by atoms with Crippen LogP contribution >= 0.6 is 0 Å². The van der Waals surface area contributed by atoms with Crippen molar-refractivity contribution in [1.29, 1.82) is 0 Å². The maximum Gasteiger partial charge on any atom is 0.170 e. The first-order valence-corrected chi connectivity index (χ1v) is 10.3. The summed E-state index contributed by atoms with van der Waals surface area (Å²) < 4.78 is 16.8. The van der Waals surface area contributed by atoms with Gasteiger partial charge in [-0.3, -0.25) is 4.79 Å². The molecule has 1 aliphatic heterocycles. The van der Waals surface area contributed by atoms with Crippen LogP contribution in [-0.2, 0) is 19.0 Å². The van der Waals surface area contributed by atoms with Crippen LogP contribution in [0.3, 0.4) is 0 Å². The summed E-state index contributed by atoms with van der Waals surface area (Å²) in [6, 6.07) is 0. The summed E-state index contributed by atoms with van der Waals surface area (Å²) in [5.41, 5.74) is 0.337. The van der Waals surface area contributed by atoms with E-state index >= 15 is 0 Å². The summed E-state index contributed by atoms with van der Waals surface area (Å²) in [6.45, 7) is 5.21. The predicted octanol–water partition coefficient (Wildman–Crippen LogP) is 3.57. The molecule has 4 saturated carbocycles. The summed E-state index contributed by atoms with van der Waals surface area (Å²) in [7, 11) is 1.70. The van der Waals surface area contributed by atoms with E-state index in [0.717, 1.165) is 24.7 Å². The maximum absolute atomic E-state index is 12.7. The third kappa shape index (κ3) is 2.20. The molecular formula is C21H32O4. The van der Waals surface area contributed by atoms with Crippen molar-refractivity contribution in [3.63, 3.8) is 0 Å². The van der Waals surface area contributed by atoms with Gasteiger partial charge in [-0.15, -0.1) is 0 Å². The molecule has 5 rings (SSSR count). The highest BCUT2D eigenvalue weighted by molar-refractivity contribution is 5.94. The third-order valence-corrected chi connectivity index (χ3v) is 8.99. The molecule has 4 heteroatoms. The first kappa shape index (κ1) is 16.7. The molecule has 0 amide bonds. The van der Waals surface area contributed by atoms with Crippen molar-refractivity contribution in [1.82, 2.24) is 0 Å². The normalized spacial score (nSPS) is 56.6. The van der Waals surface area contributed by atoms with E-state index in [4.69, 9.17) is 14.2 Å². The van der Waals surface area contributed by atoms with Gasteiger partial charge in [-0.2, -0.15) is 0 Å². The van der Waals surface area contributed by atoms with Crippen molar-refractivity contribution >= 4 is 5.78 Å². The van der Waals surface area contributed by atoms with Crippen molar-refractivity contribution in [2.75, 3.05) is 13.9 Å². The molecule has 0 unspecified atom stereocenters.